The zero-order valence-corrected chi connectivity index (χ0v) is 14.4. The van der Waals surface area contributed by atoms with E-state index in [1.54, 1.807) is 29.9 Å². The Morgan fingerprint density at radius 3 is 2.92 bits per heavy atom. The van der Waals surface area contributed by atoms with Crippen molar-refractivity contribution in [3.63, 3.8) is 0 Å². The van der Waals surface area contributed by atoms with Crippen LogP contribution in [0.5, 0.6) is 0 Å². The van der Waals surface area contributed by atoms with Crippen LogP contribution in [0.15, 0.2) is 36.5 Å². The van der Waals surface area contributed by atoms with E-state index in [0.29, 0.717) is 22.8 Å². The molecule has 1 aliphatic heterocycles. The molecule has 24 heavy (non-hydrogen) atoms. The Hall–Kier alpha value is -1.85. The van der Waals surface area contributed by atoms with Crippen LogP contribution in [-0.2, 0) is 13.6 Å². The van der Waals surface area contributed by atoms with Gasteiger partial charge in [0.15, 0.2) is 0 Å². The molecule has 2 heterocycles. The van der Waals surface area contributed by atoms with Crippen LogP contribution < -0.4 is 5.32 Å². The van der Waals surface area contributed by atoms with Crippen molar-refractivity contribution in [3.05, 3.63) is 58.6 Å². The van der Waals surface area contributed by atoms with Gasteiger partial charge < -0.3 is 9.88 Å². The summed E-state index contributed by atoms with van der Waals surface area (Å²) in [4.78, 5) is 14.6. The molecule has 1 aliphatic rings. The first kappa shape index (κ1) is 17.0. The monoisotopic (exact) mass is 349 g/mol. The highest BCUT2D eigenvalue weighted by Crippen LogP contribution is 2.17. The summed E-state index contributed by atoms with van der Waals surface area (Å²) in [7, 11) is 1.80. The van der Waals surface area contributed by atoms with E-state index in [1.165, 1.54) is 6.07 Å². The van der Waals surface area contributed by atoms with E-state index in [9.17, 15) is 9.18 Å². The van der Waals surface area contributed by atoms with Crippen LogP contribution in [0.2, 0.25) is 5.02 Å². The van der Waals surface area contributed by atoms with Gasteiger partial charge in [0.1, 0.15) is 11.5 Å². The number of benzene rings is 1. The fourth-order valence-corrected chi connectivity index (χ4v) is 3.44. The zero-order valence-electron chi connectivity index (χ0n) is 13.6. The van der Waals surface area contributed by atoms with Crippen LogP contribution in [0.25, 0.3) is 0 Å². The molecule has 1 saturated heterocycles. The second-order valence-electron chi connectivity index (χ2n) is 6.29. The van der Waals surface area contributed by atoms with Crippen LogP contribution in [-0.4, -0.2) is 34.5 Å². The summed E-state index contributed by atoms with van der Waals surface area (Å²) in [6.45, 7) is 2.20. The largest absolute Gasteiger partial charge is 0.347 e. The number of rotatable bonds is 4. The van der Waals surface area contributed by atoms with Gasteiger partial charge in [-0.1, -0.05) is 29.8 Å². The topological polar surface area (TPSA) is 37.3 Å². The molecule has 6 heteroatoms. The molecule has 0 unspecified atom stereocenters. The predicted octanol–water partition coefficient (Wildman–Crippen LogP) is 3.21. The summed E-state index contributed by atoms with van der Waals surface area (Å²) in [6.07, 6.45) is 3.62. The lowest BCUT2D eigenvalue weighted by Crippen LogP contribution is -2.47. The normalized spacial score (nSPS) is 18.5. The molecule has 1 amide bonds. The Kier molecular flexibility index (Phi) is 5.21. The summed E-state index contributed by atoms with van der Waals surface area (Å²) in [5, 5.41) is 3.61. The zero-order chi connectivity index (χ0) is 17.1. The number of halogens is 2. The smallest absolute Gasteiger partial charge is 0.268 e. The minimum atomic E-state index is -0.179. The number of carbonyl (C=O) groups is 1. The van der Waals surface area contributed by atoms with E-state index >= 15 is 0 Å². The van der Waals surface area contributed by atoms with Crippen LogP contribution in [0.4, 0.5) is 4.39 Å². The average molecular weight is 350 g/mol. The maximum atomic E-state index is 13.8. The van der Waals surface area contributed by atoms with Crippen molar-refractivity contribution in [2.45, 2.75) is 25.4 Å². The maximum Gasteiger partial charge on any atom is 0.268 e. The van der Waals surface area contributed by atoms with Gasteiger partial charge in [0, 0.05) is 37.9 Å². The fraction of sp³-hybridized carbons (Fsp3) is 0.389. The Morgan fingerprint density at radius 2 is 2.21 bits per heavy atom. The number of aromatic nitrogens is 1. The summed E-state index contributed by atoms with van der Waals surface area (Å²) in [5.74, 6) is -0.302. The molecule has 0 spiro atoms. The van der Waals surface area contributed by atoms with Gasteiger partial charge in [-0.25, -0.2) is 4.39 Å². The minimum absolute atomic E-state index is 0.0618. The van der Waals surface area contributed by atoms with E-state index < -0.39 is 0 Å². The number of aryl methyl sites for hydroxylation is 1. The highest BCUT2D eigenvalue weighted by molar-refractivity contribution is 6.31. The number of hydrogen-bond donors (Lipinski definition) is 1. The molecule has 1 fully saturated rings. The van der Waals surface area contributed by atoms with E-state index in [-0.39, 0.29) is 17.8 Å². The number of amides is 1. The predicted molar refractivity (Wildman–Crippen MR) is 92.6 cm³/mol. The molecule has 0 aliphatic carbocycles. The third-order valence-electron chi connectivity index (χ3n) is 4.40. The van der Waals surface area contributed by atoms with Crippen LogP contribution in [0, 0.1) is 5.82 Å². The molecule has 0 radical (unpaired) electrons. The lowest BCUT2D eigenvalue weighted by Gasteiger charge is -2.33. The SMILES string of the molecule is Cn1cc(Cl)cc1C(=O)N[C@@H]1CCCN(Cc2ccccc2F)C1. The van der Waals surface area contributed by atoms with Crippen molar-refractivity contribution in [2.75, 3.05) is 13.1 Å². The quantitative estimate of drug-likeness (QED) is 0.920. The molecular formula is C18H21ClFN3O. The number of nitrogens with one attached hydrogen (secondary N) is 1. The fourth-order valence-electron chi connectivity index (χ4n) is 3.19. The van der Waals surface area contributed by atoms with Gasteiger partial charge in [-0.15, -0.1) is 0 Å². The molecule has 128 valence electrons. The molecule has 1 aromatic heterocycles. The minimum Gasteiger partial charge on any atom is -0.347 e. The van der Waals surface area contributed by atoms with Gasteiger partial charge >= 0.3 is 0 Å². The van der Waals surface area contributed by atoms with Crippen molar-refractivity contribution in [3.8, 4) is 0 Å². The third kappa shape index (κ3) is 3.97. The molecule has 4 nitrogen and oxygen atoms in total. The van der Waals surface area contributed by atoms with E-state index in [1.807, 2.05) is 12.1 Å². The van der Waals surface area contributed by atoms with Gasteiger partial charge in [-0.05, 0) is 31.5 Å². The number of nitrogens with zero attached hydrogens (tertiary/aromatic N) is 2. The molecule has 1 atom stereocenters. The van der Waals surface area contributed by atoms with Crippen molar-refractivity contribution >= 4 is 17.5 Å². The standard InChI is InChI=1S/C18H21ClFN3O/c1-22-11-14(19)9-17(22)18(24)21-15-6-4-8-23(12-15)10-13-5-2-3-7-16(13)20/h2-3,5,7,9,11,15H,4,6,8,10,12H2,1H3,(H,21,24)/t15-/m1/s1. The van der Waals surface area contributed by atoms with Crippen LogP contribution in [0.1, 0.15) is 28.9 Å². The second-order valence-corrected chi connectivity index (χ2v) is 6.73. The molecule has 3 rings (SSSR count). The lowest BCUT2D eigenvalue weighted by molar-refractivity contribution is 0.0892. The Balaban J connectivity index is 1.60. The summed E-state index contributed by atoms with van der Waals surface area (Å²) in [5.41, 5.74) is 1.24. The first-order valence-electron chi connectivity index (χ1n) is 8.11. The van der Waals surface area contributed by atoms with Crippen LogP contribution in [0.3, 0.4) is 0 Å². The maximum absolute atomic E-state index is 13.8. The van der Waals surface area contributed by atoms with E-state index in [0.717, 1.165) is 25.9 Å². The average Bonchev–Trinajstić information content (AvgIpc) is 2.89. The van der Waals surface area contributed by atoms with Crippen molar-refractivity contribution in [1.82, 2.24) is 14.8 Å². The number of piperidine rings is 1. The van der Waals surface area contributed by atoms with E-state index in [4.69, 9.17) is 11.6 Å². The van der Waals surface area contributed by atoms with Crippen molar-refractivity contribution in [2.24, 2.45) is 7.05 Å². The first-order valence-corrected chi connectivity index (χ1v) is 8.49. The Labute approximate surface area is 146 Å². The van der Waals surface area contributed by atoms with Crippen LogP contribution >= 0.6 is 11.6 Å². The molecule has 1 aromatic carbocycles. The second kappa shape index (κ2) is 7.36. The molecular weight excluding hydrogens is 329 g/mol. The Morgan fingerprint density at radius 1 is 1.42 bits per heavy atom. The molecule has 2 aromatic rings. The summed E-state index contributed by atoms with van der Waals surface area (Å²) < 4.78 is 15.5. The summed E-state index contributed by atoms with van der Waals surface area (Å²) in [6, 6.07) is 8.56. The first-order chi connectivity index (χ1) is 11.5. The molecule has 0 saturated carbocycles. The van der Waals surface area contributed by atoms with Crippen molar-refractivity contribution in [1.29, 1.82) is 0 Å². The third-order valence-corrected chi connectivity index (χ3v) is 4.60. The Bertz CT molecular complexity index is 731. The van der Waals surface area contributed by atoms with Gasteiger partial charge in [0.2, 0.25) is 0 Å². The van der Waals surface area contributed by atoms with Gasteiger partial charge in [-0.3, -0.25) is 9.69 Å². The highest BCUT2D eigenvalue weighted by atomic mass is 35.5. The van der Waals surface area contributed by atoms with Gasteiger partial charge in [0.25, 0.3) is 5.91 Å². The van der Waals surface area contributed by atoms with Gasteiger partial charge in [-0.2, -0.15) is 0 Å². The number of hydrogen-bond acceptors (Lipinski definition) is 2. The van der Waals surface area contributed by atoms with Crippen molar-refractivity contribution < 1.29 is 9.18 Å². The summed E-state index contributed by atoms with van der Waals surface area (Å²) >= 11 is 5.94. The lowest BCUT2D eigenvalue weighted by atomic mass is 10.0. The highest BCUT2D eigenvalue weighted by Gasteiger charge is 2.23. The molecule has 1 N–H and O–H groups in total. The number of likely N-dealkylation sites (tertiary alicyclic amines) is 1. The van der Waals surface area contributed by atoms with E-state index in [2.05, 4.69) is 10.2 Å². The number of carbonyl (C=O) groups excluding carboxylic acids is 1. The van der Waals surface area contributed by atoms with Gasteiger partial charge in [0.05, 0.1) is 5.02 Å². The molecule has 0 bridgehead atoms.